The van der Waals surface area contributed by atoms with E-state index >= 15 is 0 Å². The number of aromatic nitrogens is 2. The molecular formula is C25H32N4O3. The van der Waals surface area contributed by atoms with E-state index in [0.29, 0.717) is 47.7 Å². The summed E-state index contributed by atoms with van der Waals surface area (Å²) in [5, 5.41) is 5.79. The fourth-order valence-corrected chi connectivity index (χ4v) is 4.54. The Morgan fingerprint density at radius 2 is 1.97 bits per heavy atom. The van der Waals surface area contributed by atoms with Crippen molar-refractivity contribution >= 4 is 23.3 Å². The second kappa shape index (κ2) is 8.52. The smallest absolute Gasteiger partial charge is 0.268 e. The molecule has 2 aliphatic carbocycles. The summed E-state index contributed by atoms with van der Waals surface area (Å²) in [6.07, 6.45) is 6.65. The summed E-state index contributed by atoms with van der Waals surface area (Å²) >= 11 is 0. The molecule has 2 amide bonds. The second-order valence-corrected chi connectivity index (χ2v) is 10.1. The molecule has 2 heterocycles. The Balaban J connectivity index is 1.51. The Labute approximate surface area is 188 Å². The fraction of sp³-hybridized carbons (Fsp3) is 0.520. The van der Waals surface area contributed by atoms with Crippen LogP contribution in [0.4, 0.5) is 5.69 Å². The maximum atomic E-state index is 13.2. The number of ketones is 1. The molecule has 0 aliphatic heterocycles. The molecule has 0 saturated heterocycles. The number of amides is 2. The van der Waals surface area contributed by atoms with Gasteiger partial charge in [-0.25, -0.2) is 0 Å². The highest BCUT2D eigenvalue weighted by Gasteiger charge is 2.36. The van der Waals surface area contributed by atoms with E-state index in [1.54, 1.807) is 19.2 Å². The van der Waals surface area contributed by atoms with Crippen LogP contribution in [0.2, 0.25) is 0 Å². The zero-order valence-electron chi connectivity index (χ0n) is 19.3. The molecule has 2 aliphatic rings. The Hall–Kier alpha value is -2.96. The van der Waals surface area contributed by atoms with Gasteiger partial charge in [-0.05, 0) is 62.1 Å². The predicted octanol–water partition coefficient (Wildman–Crippen LogP) is 4.11. The van der Waals surface area contributed by atoms with Gasteiger partial charge in [0.1, 0.15) is 11.7 Å². The molecule has 2 aromatic rings. The van der Waals surface area contributed by atoms with E-state index in [9.17, 15) is 14.4 Å². The number of rotatable bonds is 7. The van der Waals surface area contributed by atoms with Gasteiger partial charge in [-0.15, -0.1) is 0 Å². The Kier molecular flexibility index (Phi) is 5.93. The first-order valence-electron chi connectivity index (χ1n) is 11.4. The van der Waals surface area contributed by atoms with Gasteiger partial charge >= 0.3 is 0 Å². The quantitative estimate of drug-likeness (QED) is 0.608. The SMILES string of the molecule is Cc1ccc(NC(=O)[C@H](CCC2CC2)NC(=O)c2[nH]c3c(c2C)C(=O)CC(C)(C)C3)cn1. The van der Waals surface area contributed by atoms with E-state index in [1.807, 2.05) is 13.0 Å². The molecule has 7 nitrogen and oxygen atoms in total. The Morgan fingerprint density at radius 3 is 2.62 bits per heavy atom. The summed E-state index contributed by atoms with van der Waals surface area (Å²) in [7, 11) is 0. The molecule has 3 N–H and O–H groups in total. The average molecular weight is 437 g/mol. The van der Waals surface area contributed by atoms with Crippen molar-refractivity contribution in [2.45, 2.75) is 72.3 Å². The lowest BCUT2D eigenvalue weighted by Gasteiger charge is -2.28. The Morgan fingerprint density at radius 1 is 1.22 bits per heavy atom. The van der Waals surface area contributed by atoms with Gasteiger partial charge in [0.25, 0.3) is 5.91 Å². The molecule has 7 heteroatoms. The molecule has 1 atom stereocenters. The van der Waals surface area contributed by atoms with E-state index < -0.39 is 6.04 Å². The van der Waals surface area contributed by atoms with Crippen molar-refractivity contribution in [2.24, 2.45) is 11.3 Å². The monoisotopic (exact) mass is 436 g/mol. The molecule has 0 radical (unpaired) electrons. The van der Waals surface area contributed by atoms with Crippen LogP contribution in [0.3, 0.4) is 0 Å². The minimum atomic E-state index is -0.656. The zero-order chi connectivity index (χ0) is 23.0. The maximum absolute atomic E-state index is 13.2. The lowest BCUT2D eigenvalue weighted by atomic mass is 9.75. The van der Waals surface area contributed by atoms with Crippen LogP contribution in [0.25, 0.3) is 0 Å². The van der Waals surface area contributed by atoms with Crippen LogP contribution >= 0.6 is 0 Å². The number of carbonyl (C=O) groups is 3. The van der Waals surface area contributed by atoms with Gasteiger partial charge in [-0.3, -0.25) is 19.4 Å². The molecular weight excluding hydrogens is 404 g/mol. The van der Waals surface area contributed by atoms with Gasteiger partial charge in [0.05, 0.1) is 11.9 Å². The topological polar surface area (TPSA) is 104 Å². The first kappa shape index (κ1) is 22.2. The van der Waals surface area contributed by atoms with Crippen molar-refractivity contribution < 1.29 is 14.4 Å². The minimum absolute atomic E-state index is 0.0685. The molecule has 4 rings (SSSR count). The summed E-state index contributed by atoms with van der Waals surface area (Å²) in [4.78, 5) is 46.3. The number of nitrogens with one attached hydrogen (secondary N) is 3. The molecule has 1 fully saturated rings. The van der Waals surface area contributed by atoms with Crippen LogP contribution in [-0.2, 0) is 11.2 Å². The van der Waals surface area contributed by atoms with Gasteiger partial charge in [0.2, 0.25) is 5.91 Å². The standard InChI is InChI=1S/C25H32N4O3/c1-14-5-9-17(13-26-14)27-23(31)18(10-8-16-6-7-16)29-24(32)22-15(2)21-19(28-22)11-25(3,4)12-20(21)30/h5,9,13,16,18,28H,6-8,10-12H2,1-4H3,(H,27,31)(H,29,32)/t18-/m0/s1. The summed E-state index contributed by atoms with van der Waals surface area (Å²) in [6, 6.07) is 2.98. The number of pyridine rings is 1. The van der Waals surface area contributed by atoms with E-state index in [2.05, 4.69) is 34.4 Å². The lowest BCUT2D eigenvalue weighted by Crippen LogP contribution is -2.44. The third-order valence-electron chi connectivity index (χ3n) is 6.49. The largest absolute Gasteiger partial charge is 0.354 e. The molecule has 0 unspecified atom stereocenters. The number of hydrogen-bond acceptors (Lipinski definition) is 4. The van der Waals surface area contributed by atoms with Crippen LogP contribution in [0.5, 0.6) is 0 Å². The van der Waals surface area contributed by atoms with Crippen LogP contribution < -0.4 is 10.6 Å². The number of aryl methyl sites for hydroxylation is 1. The van der Waals surface area contributed by atoms with Gasteiger partial charge in [0, 0.05) is 23.4 Å². The molecule has 0 bridgehead atoms. The maximum Gasteiger partial charge on any atom is 0.268 e. The number of carbonyl (C=O) groups excluding carboxylic acids is 3. The van der Waals surface area contributed by atoms with E-state index in [4.69, 9.17) is 0 Å². The summed E-state index contributed by atoms with van der Waals surface area (Å²) in [5.74, 6) is 0.109. The molecule has 2 aromatic heterocycles. The molecule has 1 saturated carbocycles. The molecule has 32 heavy (non-hydrogen) atoms. The van der Waals surface area contributed by atoms with Crippen molar-refractivity contribution in [2.75, 3.05) is 5.32 Å². The van der Waals surface area contributed by atoms with Crippen molar-refractivity contribution in [3.63, 3.8) is 0 Å². The predicted molar refractivity (Wildman–Crippen MR) is 123 cm³/mol. The number of hydrogen-bond donors (Lipinski definition) is 3. The summed E-state index contributed by atoms with van der Waals surface area (Å²) in [5.41, 5.74) is 3.84. The third-order valence-corrected chi connectivity index (χ3v) is 6.49. The average Bonchev–Trinajstić information content (AvgIpc) is 3.48. The molecule has 0 aromatic carbocycles. The van der Waals surface area contributed by atoms with Gasteiger partial charge < -0.3 is 15.6 Å². The third kappa shape index (κ3) is 4.92. The summed E-state index contributed by atoms with van der Waals surface area (Å²) < 4.78 is 0. The molecule has 0 spiro atoms. The first-order valence-corrected chi connectivity index (χ1v) is 11.4. The highest BCUT2D eigenvalue weighted by molar-refractivity contribution is 6.06. The van der Waals surface area contributed by atoms with E-state index in [-0.39, 0.29) is 23.0 Å². The number of fused-ring (bicyclic) bond motifs is 1. The number of nitrogens with zero attached hydrogens (tertiary/aromatic N) is 1. The van der Waals surface area contributed by atoms with Crippen molar-refractivity contribution in [3.05, 3.63) is 46.5 Å². The van der Waals surface area contributed by atoms with Crippen LogP contribution in [0.1, 0.15) is 83.7 Å². The minimum Gasteiger partial charge on any atom is -0.354 e. The normalized spacial score (nSPS) is 18.1. The van der Waals surface area contributed by atoms with E-state index in [1.165, 1.54) is 12.8 Å². The fourth-order valence-electron chi connectivity index (χ4n) is 4.54. The second-order valence-electron chi connectivity index (χ2n) is 10.1. The first-order chi connectivity index (χ1) is 15.1. The lowest BCUT2D eigenvalue weighted by molar-refractivity contribution is -0.118. The van der Waals surface area contributed by atoms with Crippen molar-refractivity contribution in [1.82, 2.24) is 15.3 Å². The van der Waals surface area contributed by atoms with Crippen molar-refractivity contribution in [3.8, 4) is 0 Å². The highest BCUT2D eigenvalue weighted by atomic mass is 16.2. The number of aromatic amines is 1. The number of H-pyrrole nitrogens is 1. The van der Waals surface area contributed by atoms with Crippen LogP contribution in [0, 0.1) is 25.2 Å². The number of Topliss-reactive ketones (excluding diaryl/α,β-unsaturated/α-hetero) is 1. The zero-order valence-corrected chi connectivity index (χ0v) is 19.3. The van der Waals surface area contributed by atoms with Crippen LogP contribution in [0.15, 0.2) is 18.3 Å². The summed E-state index contributed by atoms with van der Waals surface area (Å²) in [6.45, 7) is 7.80. The Bertz CT molecular complexity index is 1050. The molecule has 170 valence electrons. The van der Waals surface area contributed by atoms with Gasteiger partial charge in [-0.2, -0.15) is 0 Å². The van der Waals surface area contributed by atoms with E-state index in [0.717, 1.165) is 17.8 Å². The number of anilines is 1. The van der Waals surface area contributed by atoms with Gasteiger partial charge in [-0.1, -0.05) is 26.7 Å². The van der Waals surface area contributed by atoms with Crippen molar-refractivity contribution in [1.29, 1.82) is 0 Å². The highest BCUT2D eigenvalue weighted by Crippen LogP contribution is 2.37. The van der Waals surface area contributed by atoms with Crippen LogP contribution in [-0.4, -0.2) is 33.6 Å². The van der Waals surface area contributed by atoms with Gasteiger partial charge in [0.15, 0.2) is 5.78 Å².